The first-order valence-electron chi connectivity index (χ1n) is 11.0. The minimum atomic E-state index is -0.345. The van der Waals surface area contributed by atoms with Gasteiger partial charge in [0.2, 0.25) is 0 Å². The molecule has 0 saturated carbocycles. The Morgan fingerprint density at radius 1 is 0.576 bits per heavy atom. The first kappa shape index (κ1) is 22.8. The summed E-state index contributed by atoms with van der Waals surface area (Å²) in [5, 5.41) is 0. The van der Waals surface area contributed by atoms with Crippen LogP contribution in [0.1, 0.15) is 27.7 Å². The molecule has 33 heavy (non-hydrogen) atoms. The van der Waals surface area contributed by atoms with Crippen molar-refractivity contribution in [1.29, 1.82) is 0 Å². The Kier molecular flexibility index (Phi) is 6.68. The molecule has 0 N–H and O–H groups in total. The van der Waals surface area contributed by atoms with Gasteiger partial charge in [-0.2, -0.15) is 0 Å². The molecule has 1 saturated heterocycles. The van der Waals surface area contributed by atoms with Crippen LogP contribution in [0.3, 0.4) is 0 Å². The molecule has 1 aromatic heterocycles. The van der Waals surface area contributed by atoms with Crippen LogP contribution in [0.5, 0.6) is 0 Å². The third-order valence-electron chi connectivity index (χ3n) is 6.07. The Labute approximate surface area is 196 Å². The molecule has 1 fully saturated rings. The van der Waals surface area contributed by atoms with Crippen LogP contribution in [0.2, 0.25) is 0 Å². The van der Waals surface area contributed by atoms with Gasteiger partial charge >= 0.3 is 7.12 Å². The molecule has 0 aliphatic carbocycles. The average molecular weight is 437 g/mol. The molecule has 0 amide bonds. The highest BCUT2D eigenvalue weighted by Gasteiger charge is 2.51. The second-order valence-corrected chi connectivity index (χ2v) is 8.90. The van der Waals surface area contributed by atoms with E-state index in [1.54, 1.807) is 0 Å². The van der Waals surface area contributed by atoms with Crippen molar-refractivity contribution in [3.63, 3.8) is 0 Å². The number of hydrogen-bond donors (Lipinski definition) is 0. The van der Waals surface area contributed by atoms with Gasteiger partial charge in [0.05, 0.1) is 11.2 Å². The topological polar surface area (TPSA) is 57.1 Å². The van der Waals surface area contributed by atoms with Gasteiger partial charge in [0.15, 0.2) is 5.82 Å². The third kappa shape index (κ3) is 5.36. The van der Waals surface area contributed by atoms with Crippen LogP contribution in [-0.2, 0) is 9.31 Å². The Hall–Kier alpha value is -3.35. The van der Waals surface area contributed by atoms with E-state index >= 15 is 0 Å². The Morgan fingerprint density at radius 2 is 1.03 bits per heavy atom. The predicted molar refractivity (Wildman–Crippen MR) is 133 cm³/mol. The second-order valence-electron chi connectivity index (χ2n) is 8.90. The van der Waals surface area contributed by atoms with Gasteiger partial charge in [-0.1, -0.05) is 84.9 Å². The van der Waals surface area contributed by atoms with Gasteiger partial charge in [0.1, 0.15) is 12.7 Å². The van der Waals surface area contributed by atoms with E-state index in [4.69, 9.17) is 9.31 Å². The third-order valence-corrected chi connectivity index (χ3v) is 6.07. The zero-order valence-corrected chi connectivity index (χ0v) is 19.5. The number of aromatic nitrogens is 3. The van der Waals surface area contributed by atoms with Crippen LogP contribution in [0.15, 0.2) is 97.6 Å². The quantitative estimate of drug-likeness (QED) is 0.413. The second kappa shape index (κ2) is 9.65. The molecule has 1 aliphatic heterocycles. The molecule has 2 heterocycles. The van der Waals surface area contributed by atoms with Crippen molar-refractivity contribution in [1.82, 2.24) is 15.0 Å². The molecule has 6 heteroatoms. The number of rotatable bonds is 3. The SMILES string of the molecule is CC1(C)OB(c2ccc(-c3ncncn3)cc2)OC1(C)C.c1ccc(-c2ccccc2)cc1. The van der Waals surface area contributed by atoms with Crippen LogP contribution in [0.25, 0.3) is 22.5 Å². The summed E-state index contributed by atoms with van der Waals surface area (Å²) in [4.78, 5) is 12.1. The van der Waals surface area contributed by atoms with Gasteiger partial charge in [0, 0.05) is 5.56 Å². The van der Waals surface area contributed by atoms with Crippen molar-refractivity contribution < 1.29 is 9.31 Å². The van der Waals surface area contributed by atoms with E-state index in [2.05, 4.69) is 63.5 Å². The first-order chi connectivity index (χ1) is 15.9. The lowest BCUT2D eigenvalue weighted by Gasteiger charge is -2.32. The standard InChI is InChI=1S/C15H18BN3O2.C12H10/c1-14(2)15(3,4)21-16(20-14)12-7-5-11(6-8-12)13-18-9-17-10-19-13;1-3-7-11(8-4-1)12-9-5-2-6-10-12/h5-10H,1-4H3;1-10H. The molecule has 0 bridgehead atoms. The van der Waals surface area contributed by atoms with Crippen LogP contribution in [0.4, 0.5) is 0 Å². The normalized spacial score (nSPS) is 16.1. The highest BCUT2D eigenvalue weighted by Crippen LogP contribution is 2.36. The van der Waals surface area contributed by atoms with Gasteiger partial charge in [0.25, 0.3) is 0 Å². The number of hydrogen-bond acceptors (Lipinski definition) is 5. The summed E-state index contributed by atoms with van der Waals surface area (Å²) in [6, 6.07) is 28.7. The highest BCUT2D eigenvalue weighted by molar-refractivity contribution is 6.62. The summed E-state index contributed by atoms with van der Waals surface area (Å²) in [5.74, 6) is 0.658. The summed E-state index contributed by atoms with van der Waals surface area (Å²) in [6.07, 6.45) is 2.98. The van der Waals surface area contributed by atoms with E-state index in [0.29, 0.717) is 5.82 Å². The fourth-order valence-corrected chi connectivity index (χ4v) is 3.42. The highest BCUT2D eigenvalue weighted by atomic mass is 16.7. The summed E-state index contributed by atoms with van der Waals surface area (Å²) < 4.78 is 12.1. The Balaban J connectivity index is 0.000000183. The van der Waals surface area contributed by atoms with E-state index in [1.165, 1.54) is 23.8 Å². The molecule has 1 aliphatic rings. The van der Waals surface area contributed by atoms with Crippen LogP contribution >= 0.6 is 0 Å². The largest absolute Gasteiger partial charge is 0.494 e. The molecule has 0 spiro atoms. The molecular formula is C27H28BN3O2. The van der Waals surface area contributed by atoms with Crippen LogP contribution in [0, 0.1) is 0 Å². The van der Waals surface area contributed by atoms with Crippen LogP contribution in [-0.4, -0.2) is 33.3 Å². The zero-order valence-electron chi connectivity index (χ0n) is 19.5. The maximum absolute atomic E-state index is 6.03. The van der Waals surface area contributed by atoms with Gasteiger partial charge in [-0.05, 0) is 44.3 Å². The van der Waals surface area contributed by atoms with Gasteiger partial charge < -0.3 is 9.31 Å². The monoisotopic (exact) mass is 437 g/mol. The molecule has 5 nitrogen and oxygen atoms in total. The van der Waals surface area contributed by atoms with E-state index in [0.717, 1.165) is 11.0 Å². The molecule has 0 atom stereocenters. The molecule has 0 unspecified atom stereocenters. The van der Waals surface area contributed by atoms with Gasteiger partial charge in [-0.15, -0.1) is 0 Å². The van der Waals surface area contributed by atoms with E-state index in [-0.39, 0.29) is 18.3 Å². The average Bonchev–Trinajstić information content (AvgIpc) is 3.08. The molecule has 5 rings (SSSR count). The minimum Gasteiger partial charge on any atom is -0.399 e. The van der Waals surface area contributed by atoms with Gasteiger partial charge in [-0.25, -0.2) is 15.0 Å². The van der Waals surface area contributed by atoms with Crippen molar-refractivity contribution in [2.75, 3.05) is 0 Å². The summed E-state index contributed by atoms with van der Waals surface area (Å²) >= 11 is 0. The maximum atomic E-state index is 6.03. The van der Waals surface area contributed by atoms with Crippen molar-refractivity contribution in [2.24, 2.45) is 0 Å². The zero-order chi connectivity index (χ0) is 23.3. The van der Waals surface area contributed by atoms with E-state index in [9.17, 15) is 0 Å². The van der Waals surface area contributed by atoms with Crippen molar-refractivity contribution in [3.05, 3.63) is 97.6 Å². The van der Waals surface area contributed by atoms with Gasteiger partial charge in [-0.3, -0.25) is 0 Å². The van der Waals surface area contributed by atoms with Crippen molar-refractivity contribution >= 4 is 12.6 Å². The first-order valence-corrected chi connectivity index (χ1v) is 11.0. The summed E-state index contributed by atoms with van der Waals surface area (Å²) in [7, 11) is -0.345. The lowest BCUT2D eigenvalue weighted by molar-refractivity contribution is 0.00578. The molecule has 0 radical (unpaired) electrons. The maximum Gasteiger partial charge on any atom is 0.494 e. The lowest BCUT2D eigenvalue weighted by Crippen LogP contribution is -2.41. The number of benzene rings is 3. The smallest absolute Gasteiger partial charge is 0.399 e. The molecular weight excluding hydrogens is 409 g/mol. The summed E-state index contributed by atoms with van der Waals surface area (Å²) in [5.41, 5.74) is 3.83. The Morgan fingerprint density at radius 3 is 1.48 bits per heavy atom. The lowest BCUT2D eigenvalue weighted by atomic mass is 9.79. The fraction of sp³-hybridized carbons (Fsp3) is 0.222. The summed E-state index contributed by atoms with van der Waals surface area (Å²) in [6.45, 7) is 8.19. The molecule has 3 aromatic carbocycles. The Bertz CT molecular complexity index is 1100. The molecule has 4 aromatic rings. The number of nitrogens with zero attached hydrogens (tertiary/aromatic N) is 3. The van der Waals surface area contributed by atoms with E-state index in [1.807, 2.05) is 64.1 Å². The minimum absolute atomic E-state index is 0.329. The fourth-order valence-electron chi connectivity index (χ4n) is 3.42. The van der Waals surface area contributed by atoms with Crippen LogP contribution < -0.4 is 5.46 Å². The molecule has 166 valence electrons. The van der Waals surface area contributed by atoms with E-state index < -0.39 is 0 Å². The van der Waals surface area contributed by atoms with Crippen molar-refractivity contribution in [3.8, 4) is 22.5 Å². The predicted octanol–water partition coefficient (Wildman–Crippen LogP) is 5.19. The van der Waals surface area contributed by atoms with Crippen molar-refractivity contribution in [2.45, 2.75) is 38.9 Å².